The lowest BCUT2D eigenvalue weighted by Crippen LogP contribution is -2.37. The number of nitrogens with zero attached hydrogens (tertiary/aromatic N) is 5. The average Bonchev–Trinajstić information content (AvgIpc) is 3.02. The Labute approximate surface area is 158 Å². The summed E-state index contributed by atoms with van der Waals surface area (Å²) in [6, 6.07) is 0. The monoisotopic (exact) mass is 379 g/mol. The van der Waals surface area contributed by atoms with Crippen LogP contribution in [-0.4, -0.2) is 49.0 Å². The van der Waals surface area contributed by atoms with Crippen LogP contribution in [0.4, 0.5) is 0 Å². The zero-order valence-electron chi connectivity index (χ0n) is 16.0. The summed E-state index contributed by atoms with van der Waals surface area (Å²) in [5.41, 5.74) is 0.459. The van der Waals surface area contributed by atoms with E-state index in [0.29, 0.717) is 11.2 Å². The minimum Gasteiger partial charge on any atom is -0.313 e. The Morgan fingerprint density at radius 3 is 2.46 bits per heavy atom. The SMILES string of the molecule is CCCCn1c(SCCN2CCCCC2)nc2c1c(=O)n(C)c(=O)n2C. The third-order valence-electron chi connectivity index (χ3n) is 5.14. The largest absolute Gasteiger partial charge is 0.332 e. The van der Waals surface area contributed by atoms with Gasteiger partial charge in [-0.05, 0) is 32.4 Å². The van der Waals surface area contributed by atoms with Crippen LogP contribution in [0.2, 0.25) is 0 Å². The summed E-state index contributed by atoms with van der Waals surface area (Å²) < 4.78 is 4.67. The number of rotatable bonds is 7. The molecule has 2 aromatic heterocycles. The molecule has 0 N–H and O–H groups in total. The minimum atomic E-state index is -0.326. The van der Waals surface area contributed by atoms with Crippen LogP contribution < -0.4 is 11.2 Å². The van der Waals surface area contributed by atoms with Gasteiger partial charge in [-0.25, -0.2) is 9.78 Å². The Morgan fingerprint density at radius 1 is 1.04 bits per heavy atom. The third-order valence-corrected chi connectivity index (χ3v) is 6.09. The van der Waals surface area contributed by atoms with E-state index in [1.165, 1.54) is 48.5 Å². The molecule has 0 radical (unpaired) electrons. The van der Waals surface area contributed by atoms with Crippen molar-refractivity contribution in [1.82, 2.24) is 23.6 Å². The van der Waals surface area contributed by atoms with E-state index in [9.17, 15) is 9.59 Å². The number of likely N-dealkylation sites (tertiary alicyclic amines) is 1. The molecule has 3 heterocycles. The van der Waals surface area contributed by atoms with Crippen LogP contribution in [0.3, 0.4) is 0 Å². The van der Waals surface area contributed by atoms with E-state index in [-0.39, 0.29) is 11.2 Å². The first-order valence-corrected chi connectivity index (χ1v) is 10.5. The molecule has 0 spiro atoms. The smallest absolute Gasteiger partial charge is 0.313 e. The number of thioether (sulfide) groups is 1. The molecule has 1 fully saturated rings. The normalized spacial score (nSPS) is 15.8. The molecule has 0 unspecified atom stereocenters. The fourth-order valence-corrected chi connectivity index (χ4v) is 4.53. The highest BCUT2D eigenvalue weighted by Gasteiger charge is 2.19. The van der Waals surface area contributed by atoms with Crippen LogP contribution in [-0.2, 0) is 20.6 Å². The first-order chi connectivity index (χ1) is 12.5. The van der Waals surface area contributed by atoms with Crippen LogP contribution in [0, 0.1) is 0 Å². The Morgan fingerprint density at radius 2 is 1.77 bits per heavy atom. The lowest BCUT2D eigenvalue weighted by Gasteiger charge is -2.25. The molecule has 3 rings (SSSR count). The first kappa shape index (κ1) is 19.2. The van der Waals surface area contributed by atoms with Crippen molar-refractivity contribution in [1.29, 1.82) is 0 Å². The van der Waals surface area contributed by atoms with Crippen molar-refractivity contribution in [2.45, 2.75) is 50.7 Å². The van der Waals surface area contributed by atoms with Crippen LogP contribution >= 0.6 is 11.8 Å². The maximum absolute atomic E-state index is 12.7. The molecule has 0 saturated carbocycles. The molecule has 0 aromatic carbocycles. The highest BCUT2D eigenvalue weighted by molar-refractivity contribution is 7.99. The van der Waals surface area contributed by atoms with Gasteiger partial charge in [-0.1, -0.05) is 31.5 Å². The quantitative estimate of drug-likeness (QED) is 0.687. The summed E-state index contributed by atoms with van der Waals surface area (Å²) in [7, 11) is 3.22. The maximum atomic E-state index is 12.7. The Balaban J connectivity index is 1.90. The molecular formula is C18H29N5O2S. The number of imidazole rings is 1. The molecule has 144 valence electrons. The van der Waals surface area contributed by atoms with Crippen LogP contribution in [0.15, 0.2) is 14.7 Å². The van der Waals surface area contributed by atoms with Gasteiger partial charge in [0.2, 0.25) is 0 Å². The maximum Gasteiger partial charge on any atom is 0.332 e. The second-order valence-corrected chi connectivity index (χ2v) is 8.09. The summed E-state index contributed by atoms with van der Waals surface area (Å²) in [5.74, 6) is 0.948. The molecule has 0 amide bonds. The highest BCUT2D eigenvalue weighted by Crippen LogP contribution is 2.23. The Kier molecular flexibility index (Phi) is 6.24. The van der Waals surface area contributed by atoms with Gasteiger partial charge in [0.1, 0.15) is 0 Å². The second-order valence-electron chi connectivity index (χ2n) is 7.03. The molecule has 8 heteroatoms. The highest BCUT2D eigenvalue weighted by atomic mass is 32.2. The van der Waals surface area contributed by atoms with Gasteiger partial charge in [-0.15, -0.1) is 0 Å². The van der Waals surface area contributed by atoms with Crippen molar-refractivity contribution in [3.8, 4) is 0 Å². The molecule has 7 nitrogen and oxygen atoms in total. The number of hydrogen-bond donors (Lipinski definition) is 0. The fraction of sp³-hybridized carbons (Fsp3) is 0.722. The van der Waals surface area contributed by atoms with Crippen molar-refractivity contribution >= 4 is 22.9 Å². The topological polar surface area (TPSA) is 65.1 Å². The van der Waals surface area contributed by atoms with Crippen LogP contribution in [0.1, 0.15) is 39.0 Å². The third kappa shape index (κ3) is 3.76. The predicted molar refractivity (Wildman–Crippen MR) is 106 cm³/mol. The van der Waals surface area contributed by atoms with Gasteiger partial charge >= 0.3 is 5.69 Å². The van der Waals surface area contributed by atoms with Crippen molar-refractivity contribution in [3.05, 3.63) is 20.8 Å². The lowest BCUT2D eigenvalue weighted by atomic mass is 10.1. The fourth-order valence-electron chi connectivity index (χ4n) is 3.51. The van der Waals surface area contributed by atoms with Crippen molar-refractivity contribution < 1.29 is 0 Å². The van der Waals surface area contributed by atoms with Crippen LogP contribution in [0.5, 0.6) is 0 Å². The van der Waals surface area contributed by atoms with Crippen LogP contribution in [0.25, 0.3) is 11.2 Å². The zero-order chi connectivity index (χ0) is 18.7. The molecule has 1 aliphatic rings. The molecule has 1 saturated heterocycles. The van der Waals surface area contributed by atoms with Gasteiger partial charge in [0.25, 0.3) is 5.56 Å². The van der Waals surface area contributed by atoms with Gasteiger partial charge in [-0.2, -0.15) is 0 Å². The number of aryl methyl sites for hydroxylation is 2. The van der Waals surface area contributed by atoms with Crippen molar-refractivity contribution in [2.24, 2.45) is 14.1 Å². The summed E-state index contributed by atoms with van der Waals surface area (Å²) in [4.78, 5) is 32.1. The molecule has 0 bridgehead atoms. The number of aromatic nitrogens is 4. The van der Waals surface area contributed by atoms with Crippen molar-refractivity contribution in [3.63, 3.8) is 0 Å². The summed E-state index contributed by atoms with van der Waals surface area (Å²) >= 11 is 1.69. The van der Waals surface area contributed by atoms with Gasteiger partial charge in [-0.3, -0.25) is 13.9 Å². The van der Waals surface area contributed by atoms with E-state index >= 15 is 0 Å². The predicted octanol–water partition coefficient (Wildman–Crippen LogP) is 1.81. The van der Waals surface area contributed by atoms with Gasteiger partial charge in [0.05, 0.1) is 0 Å². The van der Waals surface area contributed by atoms with E-state index in [1.54, 1.807) is 18.8 Å². The Hall–Kier alpha value is -1.54. The van der Waals surface area contributed by atoms with Crippen molar-refractivity contribution in [2.75, 3.05) is 25.4 Å². The van der Waals surface area contributed by atoms with E-state index in [2.05, 4.69) is 16.8 Å². The van der Waals surface area contributed by atoms with E-state index in [0.717, 1.165) is 36.8 Å². The van der Waals surface area contributed by atoms with E-state index in [1.807, 2.05) is 4.57 Å². The number of fused-ring (bicyclic) bond motifs is 1. The van der Waals surface area contributed by atoms with Gasteiger partial charge in [0.15, 0.2) is 16.3 Å². The summed E-state index contributed by atoms with van der Waals surface area (Å²) in [6.45, 7) is 6.30. The zero-order valence-corrected chi connectivity index (χ0v) is 16.8. The van der Waals surface area contributed by atoms with E-state index < -0.39 is 0 Å². The lowest BCUT2D eigenvalue weighted by molar-refractivity contribution is 0.242. The first-order valence-electron chi connectivity index (χ1n) is 9.56. The molecule has 0 atom stereocenters. The molecule has 0 aliphatic carbocycles. The standard InChI is InChI=1S/C18H29N5O2S/c1-4-5-11-23-14-15(20(2)18(25)21(3)16(14)24)19-17(23)26-13-12-22-9-7-6-8-10-22/h4-13H2,1-3H3. The van der Waals surface area contributed by atoms with E-state index in [4.69, 9.17) is 0 Å². The number of unbranched alkanes of at least 4 members (excludes halogenated alkanes) is 1. The second kappa shape index (κ2) is 8.43. The molecule has 1 aliphatic heterocycles. The molecule has 26 heavy (non-hydrogen) atoms. The number of hydrogen-bond acceptors (Lipinski definition) is 5. The van der Waals surface area contributed by atoms with Gasteiger partial charge < -0.3 is 9.47 Å². The Bertz CT molecular complexity index is 876. The summed E-state index contributed by atoms with van der Waals surface area (Å²) in [6.07, 6.45) is 5.95. The van der Waals surface area contributed by atoms with Gasteiger partial charge in [0, 0.05) is 32.9 Å². The number of piperidine rings is 1. The molecular weight excluding hydrogens is 350 g/mol. The average molecular weight is 380 g/mol. The molecule has 2 aromatic rings. The summed E-state index contributed by atoms with van der Waals surface area (Å²) in [5, 5.41) is 0.851. The minimum absolute atomic E-state index is 0.255.